The minimum atomic E-state index is 0.264. The van der Waals surface area contributed by atoms with Crippen molar-refractivity contribution in [2.24, 2.45) is 5.92 Å². The largest absolute Gasteiger partial charge is 0.338 e. The Morgan fingerprint density at radius 2 is 1.90 bits per heavy atom. The van der Waals surface area contributed by atoms with E-state index in [1.54, 1.807) is 0 Å². The van der Waals surface area contributed by atoms with Crippen LogP contribution in [-0.4, -0.2) is 57.5 Å². The molecule has 1 aromatic heterocycles. The Morgan fingerprint density at radius 3 is 2.69 bits per heavy atom. The molecule has 4 rings (SSSR count). The molecule has 29 heavy (non-hydrogen) atoms. The zero-order valence-corrected chi connectivity index (χ0v) is 18.1. The molecule has 158 valence electrons. The molecular weight excluding hydrogens is 360 g/mol. The summed E-state index contributed by atoms with van der Waals surface area (Å²) in [5, 5.41) is 0. The fourth-order valence-corrected chi connectivity index (χ4v) is 5.04. The molecule has 1 amide bonds. The van der Waals surface area contributed by atoms with Gasteiger partial charge in [0.1, 0.15) is 12.4 Å². The molecule has 0 aliphatic carbocycles. The van der Waals surface area contributed by atoms with Gasteiger partial charge < -0.3 is 14.4 Å². The molecule has 0 bridgehead atoms. The van der Waals surface area contributed by atoms with Crippen LogP contribution >= 0.6 is 0 Å². The Hall–Kier alpha value is -1.88. The van der Waals surface area contributed by atoms with Crippen LogP contribution in [0.1, 0.15) is 58.2 Å². The van der Waals surface area contributed by atoms with Crippen LogP contribution < -0.4 is 0 Å². The average Bonchev–Trinajstić information content (AvgIpc) is 3.11. The van der Waals surface area contributed by atoms with Crippen molar-refractivity contribution in [3.63, 3.8) is 0 Å². The topological polar surface area (TPSA) is 41.4 Å². The van der Waals surface area contributed by atoms with Crippen molar-refractivity contribution in [3.8, 4) is 0 Å². The Morgan fingerprint density at radius 1 is 1.10 bits per heavy atom. The number of aromatic nitrogens is 2. The maximum Gasteiger partial charge on any atom is 0.242 e. The number of rotatable bonds is 6. The summed E-state index contributed by atoms with van der Waals surface area (Å²) in [5.41, 5.74) is 2.07. The maximum atomic E-state index is 13.3. The average molecular weight is 397 g/mol. The first-order valence-corrected chi connectivity index (χ1v) is 11.6. The van der Waals surface area contributed by atoms with E-state index in [9.17, 15) is 4.79 Å². The number of carbonyl (C=O) groups excluding carboxylic acids is 1. The van der Waals surface area contributed by atoms with E-state index < -0.39 is 0 Å². The maximum absolute atomic E-state index is 13.3. The third-order valence-electron chi connectivity index (χ3n) is 6.95. The fourth-order valence-electron chi connectivity index (χ4n) is 5.04. The van der Waals surface area contributed by atoms with Gasteiger partial charge in [-0.05, 0) is 69.7 Å². The highest BCUT2D eigenvalue weighted by atomic mass is 16.2. The van der Waals surface area contributed by atoms with Crippen LogP contribution in [-0.2, 0) is 17.8 Å². The van der Waals surface area contributed by atoms with Gasteiger partial charge in [-0.25, -0.2) is 4.98 Å². The van der Waals surface area contributed by atoms with Crippen molar-refractivity contribution in [3.05, 3.63) is 30.1 Å². The summed E-state index contributed by atoms with van der Waals surface area (Å²) in [5.74, 6) is 2.15. The SMILES string of the molecule is CCc1nc2ccccc2n1CC(=O)N1CCCC[C@@H]1CCN1CCC(C)CC1. The number of nitrogens with zero attached hydrogens (tertiary/aromatic N) is 4. The van der Waals surface area contributed by atoms with Gasteiger partial charge in [-0.2, -0.15) is 0 Å². The number of piperidine rings is 2. The molecule has 0 unspecified atom stereocenters. The first-order chi connectivity index (χ1) is 14.2. The van der Waals surface area contributed by atoms with E-state index in [0.29, 0.717) is 12.6 Å². The van der Waals surface area contributed by atoms with Crippen molar-refractivity contribution in [2.45, 2.75) is 71.4 Å². The molecule has 5 nitrogen and oxygen atoms in total. The highest BCUT2D eigenvalue weighted by Gasteiger charge is 2.28. The van der Waals surface area contributed by atoms with Crippen molar-refractivity contribution >= 4 is 16.9 Å². The predicted molar refractivity (Wildman–Crippen MR) is 118 cm³/mol. The molecule has 0 N–H and O–H groups in total. The van der Waals surface area contributed by atoms with Gasteiger partial charge in [-0.3, -0.25) is 4.79 Å². The molecule has 1 aromatic carbocycles. The highest BCUT2D eigenvalue weighted by Crippen LogP contribution is 2.24. The smallest absolute Gasteiger partial charge is 0.242 e. The normalized spacial score (nSPS) is 21.7. The van der Waals surface area contributed by atoms with E-state index in [1.165, 1.54) is 32.4 Å². The predicted octanol–water partition coefficient (Wildman–Crippen LogP) is 4.10. The van der Waals surface area contributed by atoms with Gasteiger partial charge in [0.2, 0.25) is 5.91 Å². The van der Waals surface area contributed by atoms with Crippen LogP contribution in [0, 0.1) is 5.92 Å². The number of para-hydroxylation sites is 2. The monoisotopic (exact) mass is 396 g/mol. The third-order valence-corrected chi connectivity index (χ3v) is 6.95. The van der Waals surface area contributed by atoms with Crippen LogP contribution in [0.5, 0.6) is 0 Å². The number of hydrogen-bond donors (Lipinski definition) is 0. The number of benzene rings is 1. The molecule has 2 fully saturated rings. The molecule has 2 aliphatic heterocycles. The molecule has 2 aromatic rings. The van der Waals surface area contributed by atoms with E-state index in [1.807, 2.05) is 18.2 Å². The molecule has 0 saturated carbocycles. The zero-order chi connectivity index (χ0) is 20.2. The van der Waals surface area contributed by atoms with Crippen LogP contribution in [0.3, 0.4) is 0 Å². The molecule has 0 spiro atoms. The second kappa shape index (κ2) is 9.29. The number of amides is 1. The number of aryl methyl sites for hydroxylation is 1. The molecule has 1 atom stereocenters. The van der Waals surface area contributed by atoms with Gasteiger partial charge in [0.25, 0.3) is 0 Å². The fraction of sp³-hybridized carbons (Fsp3) is 0.667. The van der Waals surface area contributed by atoms with Crippen LogP contribution in [0.2, 0.25) is 0 Å². The summed E-state index contributed by atoms with van der Waals surface area (Å²) in [6.45, 7) is 9.39. The van der Waals surface area contributed by atoms with Crippen molar-refractivity contribution in [1.29, 1.82) is 0 Å². The third kappa shape index (κ3) is 4.66. The number of carbonyl (C=O) groups is 1. The second-order valence-corrected chi connectivity index (χ2v) is 9.01. The minimum Gasteiger partial charge on any atom is -0.338 e. The van der Waals surface area contributed by atoms with E-state index >= 15 is 0 Å². The number of likely N-dealkylation sites (tertiary alicyclic amines) is 2. The van der Waals surface area contributed by atoms with Gasteiger partial charge in [-0.15, -0.1) is 0 Å². The summed E-state index contributed by atoms with van der Waals surface area (Å²) in [6, 6.07) is 8.57. The van der Waals surface area contributed by atoms with Crippen molar-refractivity contribution in [2.75, 3.05) is 26.2 Å². The van der Waals surface area contributed by atoms with E-state index in [0.717, 1.165) is 61.5 Å². The van der Waals surface area contributed by atoms with Gasteiger partial charge in [0.15, 0.2) is 0 Å². The van der Waals surface area contributed by atoms with Crippen LogP contribution in [0.25, 0.3) is 11.0 Å². The summed E-state index contributed by atoms with van der Waals surface area (Å²) in [7, 11) is 0. The lowest BCUT2D eigenvalue weighted by Gasteiger charge is -2.38. The first-order valence-electron chi connectivity index (χ1n) is 11.6. The van der Waals surface area contributed by atoms with Gasteiger partial charge >= 0.3 is 0 Å². The second-order valence-electron chi connectivity index (χ2n) is 9.01. The summed E-state index contributed by atoms with van der Waals surface area (Å²) < 4.78 is 2.13. The first kappa shape index (κ1) is 20.4. The number of fused-ring (bicyclic) bond motifs is 1. The highest BCUT2D eigenvalue weighted by molar-refractivity contribution is 5.81. The zero-order valence-electron chi connectivity index (χ0n) is 18.1. The Bertz CT molecular complexity index is 821. The standard InChI is InChI=1S/C24H36N4O/c1-3-23-25-21-9-4-5-10-22(21)28(23)18-24(29)27-14-7-6-8-20(27)13-17-26-15-11-19(2)12-16-26/h4-5,9-10,19-20H,3,6-8,11-18H2,1-2H3/t20-/m1/s1. The minimum absolute atomic E-state index is 0.264. The Kier molecular flexibility index (Phi) is 6.53. The van der Waals surface area contributed by atoms with Gasteiger partial charge in [-0.1, -0.05) is 26.0 Å². The van der Waals surface area contributed by atoms with E-state index in [2.05, 4.69) is 34.3 Å². The van der Waals surface area contributed by atoms with Crippen LogP contribution in [0.4, 0.5) is 0 Å². The number of hydrogen-bond acceptors (Lipinski definition) is 3. The number of imidazole rings is 1. The lowest BCUT2D eigenvalue weighted by molar-refractivity contribution is -0.135. The summed E-state index contributed by atoms with van der Waals surface area (Å²) >= 11 is 0. The van der Waals surface area contributed by atoms with Gasteiger partial charge in [0, 0.05) is 25.6 Å². The lowest BCUT2D eigenvalue weighted by atomic mass is 9.96. The molecule has 2 saturated heterocycles. The van der Waals surface area contributed by atoms with Gasteiger partial charge in [0.05, 0.1) is 11.0 Å². The summed E-state index contributed by atoms with van der Waals surface area (Å²) in [4.78, 5) is 22.9. The van der Waals surface area contributed by atoms with Crippen molar-refractivity contribution in [1.82, 2.24) is 19.4 Å². The molecular formula is C24H36N4O. The lowest BCUT2D eigenvalue weighted by Crippen LogP contribution is -2.47. The quantitative estimate of drug-likeness (QED) is 0.738. The van der Waals surface area contributed by atoms with Crippen LogP contribution in [0.15, 0.2) is 24.3 Å². The van der Waals surface area contributed by atoms with E-state index in [-0.39, 0.29) is 5.91 Å². The van der Waals surface area contributed by atoms with Crippen molar-refractivity contribution < 1.29 is 4.79 Å². The molecule has 3 heterocycles. The Labute approximate surface area is 175 Å². The molecule has 5 heteroatoms. The Balaban J connectivity index is 1.42. The molecule has 2 aliphatic rings. The van der Waals surface area contributed by atoms with E-state index in [4.69, 9.17) is 4.98 Å². The molecule has 0 radical (unpaired) electrons. The summed E-state index contributed by atoms with van der Waals surface area (Å²) in [6.07, 6.45) is 8.14.